The van der Waals surface area contributed by atoms with Gasteiger partial charge in [0, 0.05) is 13.0 Å². The van der Waals surface area contributed by atoms with E-state index in [1.807, 2.05) is 0 Å². The Kier molecular flexibility index (Phi) is 1.95. The zero-order valence-electron chi connectivity index (χ0n) is 4.90. The fourth-order valence-electron chi connectivity index (χ4n) is 0.533. The minimum Gasteiger partial charge on any atom is -0.303 e. The monoisotopic (exact) mass is 125 g/mol. The van der Waals surface area contributed by atoms with E-state index in [1.165, 1.54) is 6.33 Å². The number of aldehydes is 1. The predicted molar refractivity (Wildman–Crippen MR) is 30.7 cm³/mol. The molecule has 4 nitrogen and oxygen atoms in total. The number of carbonyl (C=O) groups excluding carboxylic acids is 1. The predicted octanol–water partition coefficient (Wildman–Crippen LogP) is -0.133. The van der Waals surface area contributed by atoms with Crippen LogP contribution in [0.1, 0.15) is 6.42 Å². The molecule has 0 amide bonds. The second kappa shape index (κ2) is 2.96. The summed E-state index contributed by atoms with van der Waals surface area (Å²) >= 11 is 0. The number of nitrogens with zero attached hydrogens (tertiary/aromatic N) is 3. The van der Waals surface area contributed by atoms with E-state index in [0.29, 0.717) is 13.0 Å². The van der Waals surface area contributed by atoms with Gasteiger partial charge in [-0.05, 0) is 0 Å². The molecule has 4 heteroatoms. The van der Waals surface area contributed by atoms with Gasteiger partial charge in [-0.15, -0.1) is 0 Å². The third-order valence-electron chi connectivity index (χ3n) is 0.943. The van der Waals surface area contributed by atoms with Gasteiger partial charge in [0.15, 0.2) is 0 Å². The van der Waals surface area contributed by atoms with Gasteiger partial charge in [-0.3, -0.25) is 4.68 Å². The molecule has 1 aromatic heterocycles. The van der Waals surface area contributed by atoms with Crippen LogP contribution in [0, 0.1) is 0 Å². The number of aromatic nitrogens is 3. The molecular formula is C5H7N3O. The van der Waals surface area contributed by atoms with Crippen molar-refractivity contribution < 1.29 is 4.79 Å². The molecule has 0 fully saturated rings. The molecule has 0 atom stereocenters. The highest BCUT2D eigenvalue weighted by Gasteiger charge is 1.86. The quantitative estimate of drug-likeness (QED) is 0.528. The van der Waals surface area contributed by atoms with Gasteiger partial charge >= 0.3 is 0 Å². The first-order chi connectivity index (χ1) is 4.43. The number of aryl methyl sites for hydroxylation is 1. The summed E-state index contributed by atoms with van der Waals surface area (Å²) in [4.78, 5) is 13.5. The van der Waals surface area contributed by atoms with Gasteiger partial charge in [0.2, 0.25) is 0 Å². The molecule has 0 aliphatic rings. The summed E-state index contributed by atoms with van der Waals surface area (Å²) in [5.41, 5.74) is 0. The van der Waals surface area contributed by atoms with E-state index >= 15 is 0 Å². The van der Waals surface area contributed by atoms with Crippen molar-refractivity contribution in [3.8, 4) is 0 Å². The average molecular weight is 125 g/mol. The Labute approximate surface area is 52.5 Å². The van der Waals surface area contributed by atoms with Crippen molar-refractivity contribution in [2.24, 2.45) is 0 Å². The van der Waals surface area contributed by atoms with Gasteiger partial charge in [-0.1, -0.05) is 0 Å². The second-order valence-corrected chi connectivity index (χ2v) is 1.61. The van der Waals surface area contributed by atoms with Crippen LogP contribution in [-0.2, 0) is 11.3 Å². The molecule has 0 bridgehead atoms. The van der Waals surface area contributed by atoms with Gasteiger partial charge in [-0.2, -0.15) is 5.10 Å². The highest BCUT2D eigenvalue weighted by molar-refractivity contribution is 5.48. The molecule has 0 saturated carbocycles. The van der Waals surface area contributed by atoms with Crippen molar-refractivity contribution in [2.75, 3.05) is 0 Å². The largest absolute Gasteiger partial charge is 0.303 e. The van der Waals surface area contributed by atoms with Crippen LogP contribution in [0.15, 0.2) is 12.7 Å². The van der Waals surface area contributed by atoms with Crippen LogP contribution >= 0.6 is 0 Å². The Balaban J connectivity index is 2.38. The molecule has 1 heterocycles. The molecule has 0 aromatic carbocycles. The van der Waals surface area contributed by atoms with Crippen molar-refractivity contribution >= 4 is 6.29 Å². The van der Waals surface area contributed by atoms with Crippen LogP contribution in [0.2, 0.25) is 0 Å². The lowest BCUT2D eigenvalue weighted by molar-refractivity contribution is -0.108. The van der Waals surface area contributed by atoms with E-state index in [-0.39, 0.29) is 0 Å². The molecule has 0 spiro atoms. The van der Waals surface area contributed by atoms with Crippen molar-refractivity contribution in [1.82, 2.24) is 14.8 Å². The SMILES string of the molecule is O=CCCn1cncn1. The maximum atomic E-state index is 9.84. The minimum absolute atomic E-state index is 0.503. The van der Waals surface area contributed by atoms with Gasteiger partial charge in [0.1, 0.15) is 18.9 Å². The lowest BCUT2D eigenvalue weighted by Gasteiger charge is -1.90. The maximum absolute atomic E-state index is 9.84. The summed E-state index contributed by atoms with van der Waals surface area (Å²) in [6.45, 7) is 0.628. The zero-order chi connectivity index (χ0) is 6.53. The lowest BCUT2D eigenvalue weighted by Crippen LogP contribution is -1.97. The molecule has 0 aliphatic carbocycles. The van der Waals surface area contributed by atoms with E-state index in [9.17, 15) is 4.79 Å². The summed E-state index contributed by atoms with van der Waals surface area (Å²) in [7, 11) is 0. The molecule has 0 unspecified atom stereocenters. The summed E-state index contributed by atoms with van der Waals surface area (Å²) in [5.74, 6) is 0. The summed E-state index contributed by atoms with van der Waals surface area (Å²) in [5, 5.41) is 3.80. The van der Waals surface area contributed by atoms with Gasteiger partial charge in [-0.25, -0.2) is 4.98 Å². The highest BCUT2D eigenvalue weighted by atomic mass is 16.1. The van der Waals surface area contributed by atoms with Crippen LogP contribution < -0.4 is 0 Å². The Morgan fingerprint density at radius 3 is 3.11 bits per heavy atom. The van der Waals surface area contributed by atoms with Crippen molar-refractivity contribution in [3.05, 3.63) is 12.7 Å². The van der Waals surface area contributed by atoms with Crippen molar-refractivity contribution in [1.29, 1.82) is 0 Å². The first kappa shape index (κ1) is 5.94. The Morgan fingerprint density at radius 2 is 2.56 bits per heavy atom. The molecule has 0 saturated heterocycles. The molecule has 48 valence electrons. The van der Waals surface area contributed by atoms with Gasteiger partial charge in [0.05, 0.1) is 0 Å². The van der Waals surface area contributed by atoms with E-state index in [2.05, 4.69) is 10.1 Å². The van der Waals surface area contributed by atoms with Gasteiger partial charge in [0.25, 0.3) is 0 Å². The minimum atomic E-state index is 0.503. The molecule has 1 aromatic rings. The zero-order valence-corrected chi connectivity index (χ0v) is 4.90. The number of hydrogen-bond donors (Lipinski definition) is 0. The van der Waals surface area contributed by atoms with E-state index in [0.717, 1.165) is 6.29 Å². The second-order valence-electron chi connectivity index (χ2n) is 1.61. The Bertz CT molecular complexity index is 170. The molecule has 0 radical (unpaired) electrons. The first-order valence-electron chi connectivity index (χ1n) is 2.69. The van der Waals surface area contributed by atoms with Crippen LogP contribution in [0.4, 0.5) is 0 Å². The smallest absolute Gasteiger partial charge is 0.137 e. The standard InChI is InChI=1S/C5H7N3O/c9-3-1-2-8-5-6-4-7-8/h3-5H,1-2H2. The molecule has 9 heavy (non-hydrogen) atoms. The number of carbonyl (C=O) groups is 1. The summed E-state index contributed by atoms with van der Waals surface area (Å²) in [6, 6.07) is 0. The fourth-order valence-corrected chi connectivity index (χ4v) is 0.533. The molecule has 1 rings (SSSR count). The van der Waals surface area contributed by atoms with Gasteiger partial charge < -0.3 is 4.79 Å². The highest BCUT2D eigenvalue weighted by Crippen LogP contribution is 1.81. The summed E-state index contributed by atoms with van der Waals surface area (Å²) in [6.07, 6.45) is 4.40. The van der Waals surface area contributed by atoms with E-state index in [1.54, 1.807) is 11.0 Å². The third kappa shape index (κ3) is 1.64. The molecule has 0 N–H and O–H groups in total. The van der Waals surface area contributed by atoms with Crippen molar-refractivity contribution in [3.63, 3.8) is 0 Å². The van der Waals surface area contributed by atoms with Crippen molar-refractivity contribution in [2.45, 2.75) is 13.0 Å². The Morgan fingerprint density at radius 1 is 1.67 bits per heavy atom. The third-order valence-corrected chi connectivity index (χ3v) is 0.943. The Hall–Kier alpha value is -1.19. The van der Waals surface area contributed by atoms with Crippen LogP contribution in [0.3, 0.4) is 0 Å². The van der Waals surface area contributed by atoms with Crippen LogP contribution in [0.25, 0.3) is 0 Å². The topological polar surface area (TPSA) is 47.8 Å². The number of hydrogen-bond acceptors (Lipinski definition) is 3. The molecule has 0 aliphatic heterocycles. The van der Waals surface area contributed by atoms with Crippen LogP contribution in [0.5, 0.6) is 0 Å². The summed E-state index contributed by atoms with van der Waals surface area (Å²) < 4.78 is 1.62. The fraction of sp³-hybridized carbons (Fsp3) is 0.400. The normalized spacial score (nSPS) is 9.33. The average Bonchev–Trinajstić information content (AvgIpc) is 2.34. The molecular weight excluding hydrogens is 118 g/mol. The van der Waals surface area contributed by atoms with Crippen LogP contribution in [-0.4, -0.2) is 21.1 Å². The van der Waals surface area contributed by atoms with E-state index < -0.39 is 0 Å². The lowest BCUT2D eigenvalue weighted by atomic mass is 10.5. The maximum Gasteiger partial charge on any atom is 0.137 e. The first-order valence-corrected chi connectivity index (χ1v) is 2.69. The van der Waals surface area contributed by atoms with E-state index in [4.69, 9.17) is 0 Å². The number of rotatable bonds is 3.